The molecule has 2 rings (SSSR count). The lowest BCUT2D eigenvalue weighted by Crippen LogP contribution is -2.25. The molecule has 1 aliphatic rings. The monoisotopic (exact) mass is 380 g/mol. The second kappa shape index (κ2) is 6.66. The molecule has 23 heavy (non-hydrogen) atoms. The average Bonchev–Trinajstić information content (AvgIpc) is 2.75. The minimum Gasteiger partial charge on any atom is -0.326 e. The molecular formula is C13H17ClN2O5S2. The molecule has 10 heteroatoms. The number of rotatable bonds is 5. The maximum absolute atomic E-state index is 11.9. The predicted molar refractivity (Wildman–Crippen MR) is 90.2 cm³/mol. The SMILES string of the molecule is CS(=O)(=O)CCC(=O)Nc1ccc(N2CCCS2(=O)=O)c(Cl)c1. The topological polar surface area (TPSA) is 101 Å². The maximum atomic E-state index is 11.9. The molecule has 0 bridgehead atoms. The number of hydrogen-bond donors (Lipinski definition) is 1. The molecule has 1 heterocycles. The van der Waals surface area contributed by atoms with Gasteiger partial charge in [-0.3, -0.25) is 9.10 Å². The van der Waals surface area contributed by atoms with E-state index in [9.17, 15) is 21.6 Å². The van der Waals surface area contributed by atoms with Crippen molar-refractivity contribution in [2.75, 3.05) is 33.9 Å². The molecule has 0 aromatic heterocycles. The highest BCUT2D eigenvalue weighted by Gasteiger charge is 2.29. The third-order valence-electron chi connectivity index (χ3n) is 3.30. The third-order valence-corrected chi connectivity index (χ3v) is 6.40. The van der Waals surface area contributed by atoms with Gasteiger partial charge in [-0.05, 0) is 24.6 Å². The Balaban J connectivity index is 2.09. The molecular weight excluding hydrogens is 364 g/mol. The van der Waals surface area contributed by atoms with Gasteiger partial charge in [0.25, 0.3) is 0 Å². The fourth-order valence-electron chi connectivity index (χ4n) is 2.20. The highest BCUT2D eigenvalue weighted by molar-refractivity contribution is 7.93. The lowest BCUT2D eigenvalue weighted by Gasteiger charge is -2.19. The Labute approximate surface area is 140 Å². The van der Waals surface area contributed by atoms with Gasteiger partial charge >= 0.3 is 0 Å². The van der Waals surface area contributed by atoms with Gasteiger partial charge in [0.1, 0.15) is 9.84 Å². The molecule has 0 spiro atoms. The molecule has 1 aliphatic heterocycles. The van der Waals surface area contributed by atoms with E-state index in [4.69, 9.17) is 11.6 Å². The highest BCUT2D eigenvalue weighted by atomic mass is 35.5. The van der Waals surface area contributed by atoms with Gasteiger partial charge in [0.15, 0.2) is 0 Å². The summed E-state index contributed by atoms with van der Waals surface area (Å²) in [7, 11) is -6.54. The number of benzene rings is 1. The van der Waals surface area contributed by atoms with Crippen LogP contribution in [0.1, 0.15) is 12.8 Å². The van der Waals surface area contributed by atoms with E-state index in [2.05, 4.69) is 5.32 Å². The minimum absolute atomic E-state index is 0.0906. The van der Waals surface area contributed by atoms with Crippen LogP contribution in [0.4, 0.5) is 11.4 Å². The first-order valence-electron chi connectivity index (χ1n) is 6.86. The summed E-state index contributed by atoms with van der Waals surface area (Å²) >= 11 is 6.12. The first-order valence-corrected chi connectivity index (χ1v) is 10.9. The number of nitrogens with zero attached hydrogens (tertiary/aromatic N) is 1. The van der Waals surface area contributed by atoms with Gasteiger partial charge in [-0.25, -0.2) is 16.8 Å². The van der Waals surface area contributed by atoms with Crippen LogP contribution in [0, 0.1) is 0 Å². The lowest BCUT2D eigenvalue weighted by atomic mass is 10.2. The average molecular weight is 381 g/mol. The molecule has 128 valence electrons. The first-order chi connectivity index (χ1) is 10.6. The lowest BCUT2D eigenvalue weighted by molar-refractivity contribution is -0.115. The van der Waals surface area contributed by atoms with Gasteiger partial charge < -0.3 is 5.32 Å². The Bertz CT molecular complexity index is 821. The molecule has 0 atom stereocenters. The Hall–Kier alpha value is -1.32. The number of nitrogens with one attached hydrogen (secondary N) is 1. The summed E-state index contributed by atoms with van der Waals surface area (Å²) in [5, 5.41) is 2.74. The van der Waals surface area contributed by atoms with Gasteiger partial charge in [-0.15, -0.1) is 0 Å². The fourth-order valence-corrected chi connectivity index (χ4v) is 4.67. The summed E-state index contributed by atoms with van der Waals surface area (Å²) in [6.07, 6.45) is 1.45. The van der Waals surface area contributed by atoms with Crippen LogP contribution in [0.2, 0.25) is 5.02 Å². The van der Waals surface area contributed by atoms with E-state index in [0.29, 0.717) is 24.3 Å². The van der Waals surface area contributed by atoms with Crippen LogP contribution in [-0.2, 0) is 24.7 Å². The number of carbonyl (C=O) groups excluding carboxylic acids is 1. The van der Waals surface area contributed by atoms with Crippen molar-refractivity contribution >= 4 is 48.7 Å². The third kappa shape index (κ3) is 4.82. The molecule has 0 unspecified atom stereocenters. The second-order valence-electron chi connectivity index (χ2n) is 5.34. The summed E-state index contributed by atoms with van der Waals surface area (Å²) in [6, 6.07) is 4.51. The predicted octanol–water partition coefficient (Wildman–Crippen LogP) is 1.25. The Morgan fingerprint density at radius 2 is 2.09 bits per heavy atom. The summed E-state index contributed by atoms with van der Waals surface area (Å²) in [5.74, 6) is -0.600. The second-order valence-corrected chi connectivity index (χ2v) is 10.0. The quantitative estimate of drug-likeness (QED) is 0.828. The van der Waals surface area contributed by atoms with Crippen molar-refractivity contribution in [3.05, 3.63) is 23.2 Å². The fraction of sp³-hybridized carbons (Fsp3) is 0.462. The maximum Gasteiger partial charge on any atom is 0.235 e. The van der Waals surface area contributed by atoms with E-state index in [0.717, 1.165) is 6.26 Å². The summed E-state index contributed by atoms with van der Waals surface area (Å²) < 4.78 is 47.1. The molecule has 1 N–H and O–H groups in total. The van der Waals surface area contributed by atoms with Crippen molar-refractivity contribution in [2.24, 2.45) is 0 Å². The van der Waals surface area contributed by atoms with Crippen LogP contribution in [-0.4, -0.2) is 47.0 Å². The molecule has 1 aromatic carbocycles. The van der Waals surface area contributed by atoms with Crippen molar-refractivity contribution in [2.45, 2.75) is 12.8 Å². The highest BCUT2D eigenvalue weighted by Crippen LogP contribution is 2.33. The molecule has 1 saturated heterocycles. The molecule has 0 radical (unpaired) electrons. The number of amides is 1. The normalized spacial score (nSPS) is 17.2. The number of sulfone groups is 1. The van der Waals surface area contributed by atoms with Crippen molar-refractivity contribution in [1.82, 2.24) is 0 Å². The van der Waals surface area contributed by atoms with Gasteiger partial charge in [-0.1, -0.05) is 11.6 Å². The first kappa shape index (κ1) is 18.0. The summed E-state index contributed by atoms with van der Waals surface area (Å²) in [5.41, 5.74) is 0.757. The van der Waals surface area contributed by atoms with Crippen LogP contribution in [0.15, 0.2) is 18.2 Å². The van der Waals surface area contributed by atoms with E-state index in [-0.39, 0.29) is 22.9 Å². The number of anilines is 2. The molecule has 0 saturated carbocycles. The van der Waals surface area contributed by atoms with Crippen molar-refractivity contribution < 1.29 is 21.6 Å². The molecule has 7 nitrogen and oxygen atoms in total. The van der Waals surface area contributed by atoms with Crippen molar-refractivity contribution in [3.8, 4) is 0 Å². The Morgan fingerprint density at radius 1 is 1.39 bits per heavy atom. The van der Waals surface area contributed by atoms with Gasteiger partial charge in [0.05, 0.1) is 22.2 Å². The standard InChI is InChI=1S/C13H17ClN2O5S2/c1-22(18,19)8-5-13(17)15-10-3-4-12(11(14)9-10)16-6-2-7-23(16,20)21/h3-4,9H,2,5-8H2,1H3,(H,15,17). The van der Waals surface area contributed by atoms with Gasteiger partial charge in [0, 0.05) is 24.9 Å². The summed E-state index contributed by atoms with van der Waals surface area (Å²) in [6.45, 7) is 0.377. The van der Waals surface area contributed by atoms with Crippen molar-refractivity contribution in [3.63, 3.8) is 0 Å². The minimum atomic E-state index is -3.33. The number of carbonyl (C=O) groups is 1. The van der Waals surface area contributed by atoms with E-state index in [1.165, 1.54) is 22.5 Å². The van der Waals surface area contributed by atoms with Crippen LogP contribution >= 0.6 is 11.6 Å². The number of halogens is 1. The van der Waals surface area contributed by atoms with E-state index in [1.807, 2.05) is 0 Å². The smallest absolute Gasteiger partial charge is 0.235 e. The summed E-state index contributed by atoms with van der Waals surface area (Å²) in [4.78, 5) is 11.7. The molecule has 1 fully saturated rings. The van der Waals surface area contributed by atoms with E-state index in [1.54, 1.807) is 0 Å². The van der Waals surface area contributed by atoms with Gasteiger partial charge in [0.2, 0.25) is 15.9 Å². The van der Waals surface area contributed by atoms with E-state index >= 15 is 0 Å². The van der Waals surface area contributed by atoms with Crippen LogP contribution in [0.3, 0.4) is 0 Å². The molecule has 1 amide bonds. The van der Waals surface area contributed by atoms with Crippen LogP contribution in [0.5, 0.6) is 0 Å². The zero-order valence-electron chi connectivity index (χ0n) is 12.5. The number of hydrogen-bond acceptors (Lipinski definition) is 5. The Morgan fingerprint density at radius 3 is 2.61 bits per heavy atom. The Kier molecular flexibility index (Phi) is 5.22. The zero-order valence-corrected chi connectivity index (χ0v) is 14.8. The van der Waals surface area contributed by atoms with Crippen LogP contribution in [0.25, 0.3) is 0 Å². The largest absolute Gasteiger partial charge is 0.326 e. The molecule has 1 aromatic rings. The van der Waals surface area contributed by atoms with Gasteiger partial charge in [-0.2, -0.15) is 0 Å². The zero-order chi connectivity index (χ0) is 17.3. The van der Waals surface area contributed by atoms with Crippen molar-refractivity contribution in [1.29, 1.82) is 0 Å². The number of sulfonamides is 1. The van der Waals surface area contributed by atoms with Crippen LogP contribution < -0.4 is 9.62 Å². The molecule has 0 aliphatic carbocycles. The van der Waals surface area contributed by atoms with E-state index < -0.39 is 25.8 Å².